The third-order valence-electron chi connectivity index (χ3n) is 4.14. The van der Waals surface area contributed by atoms with Crippen molar-refractivity contribution in [3.05, 3.63) is 84.4 Å². The minimum Gasteiger partial charge on any atom is -0.461 e. The van der Waals surface area contributed by atoms with Gasteiger partial charge >= 0.3 is 5.97 Å². The first-order valence-electron chi connectivity index (χ1n) is 8.95. The van der Waals surface area contributed by atoms with E-state index < -0.39 is 0 Å². The molecule has 0 radical (unpaired) electrons. The first-order valence-corrected chi connectivity index (χ1v) is 8.95. The van der Waals surface area contributed by atoms with Crippen LogP contribution in [0.4, 0.5) is 0 Å². The third kappa shape index (κ3) is 4.35. The van der Waals surface area contributed by atoms with E-state index in [9.17, 15) is 4.79 Å². The molecule has 6 nitrogen and oxygen atoms in total. The summed E-state index contributed by atoms with van der Waals surface area (Å²) >= 11 is 0. The SMILES string of the molecule is O=C(CCc1ccc(-c2ccccc2)o1)OCc1nnc(-c2ccccc2)o1. The molecule has 0 atom stereocenters. The predicted molar refractivity (Wildman–Crippen MR) is 102 cm³/mol. The van der Waals surface area contributed by atoms with Crippen molar-refractivity contribution in [3.8, 4) is 22.8 Å². The van der Waals surface area contributed by atoms with Crippen LogP contribution in [0.3, 0.4) is 0 Å². The van der Waals surface area contributed by atoms with Crippen LogP contribution in [-0.2, 0) is 22.6 Å². The van der Waals surface area contributed by atoms with E-state index in [4.69, 9.17) is 13.6 Å². The Morgan fingerprint density at radius 2 is 1.54 bits per heavy atom. The van der Waals surface area contributed by atoms with E-state index in [0.717, 1.165) is 22.6 Å². The van der Waals surface area contributed by atoms with Crippen LogP contribution in [0.25, 0.3) is 22.8 Å². The van der Waals surface area contributed by atoms with Gasteiger partial charge < -0.3 is 13.6 Å². The van der Waals surface area contributed by atoms with Crippen molar-refractivity contribution in [2.75, 3.05) is 0 Å². The summed E-state index contributed by atoms with van der Waals surface area (Å²) in [6, 6.07) is 23.0. The fourth-order valence-corrected chi connectivity index (χ4v) is 2.72. The Kier molecular flexibility index (Phi) is 5.29. The highest BCUT2D eigenvalue weighted by atomic mass is 16.5. The summed E-state index contributed by atoms with van der Waals surface area (Å²) in [4.78, 5) is 12.0. The van der Waals surface area contributed by atoms with Crippen molar-refractivity contribution in [1.29, 1.82) is 0 Å². The maximum Gasteiger partial charge on any atom is 0.306 e. The van der Waals surface area contributed by atoms with Crippen molar-refractivity contribution < 1.29 is 18.4 Å². The molecule has 0 saturated carbocycles. The average molecular weight is 374 g/mol. The van der Waals surface area contributed by atoms with E-state index in [2.05, 4.69) is 10.2 Å². The molecule has 0 fully saturated rings. The summed E-state index contributed by atoms with van der Waals surface area (Å²) in [6.07, 6.45) is 0.673. The molecule has 0 N–H and O–H groups in total. The highest BCUT2D eigenvalue weighted by Crippen LogP contribution is 2.22. The van der Waals surface area contributed by atoms with Crippen LogP contribution in [0.5, 0.6) is 0 Å². The number of rotatable bonds is 7. The van der Waals surface area contributed by atoms with Gasteiger partial charge in [-0.25, -0.2) is 0 Å². The molecule has 6 heteroatoms. The van der Waals surface area contributed by atoms with Gasteiger partial charge in [0.1, 0.15) is 11.5 Å². The van der Waals surface area contributed by atoms with Crippen LogP contribution in [0.15, 0.2) is 81.6 Å². The van der Waals surface area contributed by atoms with E-state index in [1.807, 2.05) is 72.8 Å². The van der Waals surface area contributed by atoms with Gasteiger partial charge in [-0.1, -0.05) is 48.5 Å². The number of aromatic nitrogens is 2. The van der Waals surface area contributed by atoms with E-state index in [1.165, 1.54) is 0 Å². The number of aryl methyl sites for hydroxylation is 1. The quantitative estimate of drug-likeness (QED) is 0.437. The molecule has 2 heterocycles. The number of esters is 1. The van der Waals surface area contributed by atoms with Crippen LogP contribution < -0.4 is 0 Å². The lowest BCUT2D eigenvalue weighted by molar-refractivity contribution is -0.145. The molecular weight excluding hydrogens is 356 g/mol. The second-order valence-corrected chi connectivity index (χ2v) is 6.16. The number of carbonyl (C=O) groups is 1. The van der Waals surface area contributed by atoms with Gasteiger partial charge in [0.25, 0.3) is 5.89 Å². The van der Waals surface area contributed by atoms with Gasteiger partial charge in [-0.05, 0) is 24.3 Å². The average Bonchev–Trinajstić information content (AvgIpc) is 3.42. The minimum atomic E-state index is -0.350. The second-order valence-electron chi connectivity index (χ2n) is 6.16. The largest absolute Gasteiger partial charge is 0.461 e. The van der Waals surface area contributed by atoms with Gasteiger partial charge in [0, 0.05) is 17.5 Å². The molecule has 0 spiro atoms. The summed E-state index contributed by atoms with van der Waals surface area (Å²) in [5.74, 6) is 1.83. The van der Waals surface area contributed by atoms with Gasteiger partial charge in [0.05, 0.1) is 6.42 Å². The molecule has 140 valence electrons. The summed E-state index contributed by atoms with van der Waals surface area (Å²) in [6.45, 7) is -0.0495. The molecule has 2 aromatic heterocycles. The molecule has 0 bridgehead atoms. The zero-order chi connectivity index (χ0) is 19.2. The maximum atomic E-state index is 12.0. The van der Waals surface area contributed by atoms with Crippen molar-refractivity contribution >= 4 is 5.97 Å². The Morgan fingerprint density at radius 1 is 0.821 bits per heavy atom. The molecule has 0 saturated heterocycles. The lowest BCUT2D eigenvalue weighted by Crippen LogP contribution is -2.05. The molecule has 4 aromatic rings. The number of furan rings is 1. The molecule has 2 aromatic carbocycles. The van der Waals surface area contributed by atoms with Crippen LogP contribution in [-0.4, -0.2) is 16.2 Å². The van der Waals surface area contributed by atoms with Crippen molar-refractivity contribution in [1.82, 2.24) is 10.2 Å². The minimum absolute atomic E-state index is 0.0495. The van der Waals surface area contributed by atoms with E-state index in [0.29, 0.717) is 12.3 Å². The van der Waals surface area contributed by atoms with Gasteiger partial charge in [-0.15, -0.1) is 10.2 Å². The van der Waals surface area contributed by atoms with Crippen molar-refractivity contribution in [3.63, 3.8) is 0 Å². The van der Waals surface area contributed by atoms with Crippen molar-refractivity contribution in [2.24, 2.45) is 0 Å². The lowest BCUT2D eigenvalue weighted by atomic mass is 10.2. The van der Waals surface area contributed by atoms with Gasteiger partial charge in [-0.3, -0.25) is 4.79 Å². The van der Waals surface area contributed by atoms with Crippen LogP contribution in [0.1, 0.15) is 18.1 Å². The zero-order valence-electron chi connectivity index (χ0n) is 15.1. The number of benzene rings is 2. The number of hydrogen-bond donors (Lipinski definition) is 0. The Morgan fingerprint density at radius 3 is 2.29 bits per heavy atom. The Bertz CT molecular complexity index is 955. The smallest absolute Gasteiger partial charge is 0.306 e. The van der Waals surface area contributed by atoms with E-state index >= 15 is 0 Å². The number of ether oxygens (including phenoxy) is 1. The van der Waals surface area contributed by atoms with Gasteiger partial charge in [-0.2, -0.15) is 0 Å². The van der Waals surface area contributed by atoms with E-state index in [-0.39, 0.29) is 24.9 Å². The first-order chi connectivity index (χ1) is 13.8. The molecule has 4 rings (SSSR count). The molecule has 28 heavy (non-hydrogen) atoms. The lowest BCUT2D eigenvalue weighted by Gasteiger charge is -2.01. The second kappa shape index (κ2) is 8.35. The maximum absolute atomic E-state index is 12.0. The Balaban J connectivity index is 1.26. The molecule has 0 aliphatic heterocycles. The van der Waals surface area contributed by atoms with Crippen LogP contribution in [0.2, 0.25) is 0 Å². The molecule has 0 aliphatic carbocycles. The first kappa shape index (κ1) is 17.7. The fourth-order valence-electron chi connectivity index (χ4n) is 2.72. The van der Waals surface area contributed by atoms with Crippen LogP contribution in [0, 0.1) is 0 Å². The number of nitrogens with zero attached hydrogens (tertiary/aromatic N) is 2. The standard InChI is InChI=1S/C22H18N2O4/c25-21(14-12-18-11-13-19(27-18)16-7-3-1-4-8-16)26-15-20-23-24-22(28-20)17-9-5-2-6-10-17/h1-11,13H,12,14-15H2. The highest BCUT2D eigenvalue weighted by molar-refractivity contribution is 5.69. The normalized spacial score (nSPS) is 10.7. The van der Waals surface area contributed by atoms with Gasteiger partial charge in [0.2, 0.25) is 5.89 Å². The Hall–Kier alpha value is -3.67. The summed E-state index contributed by atoms with van der Waals surface area (Å²) < 4.78 is 16.5. The molecule has 0 amide bonds. The van der Waals surface area contributed by atoms with E-state index in [1.54, 1.807) is 0 Å². The topological polar surface area (TPSA) is 78.4 Å². The summed E-state index contributed by atoms with van der Waals surface area (Å²) in [7, 11) is 0. The molecule has 0 aliphatic rings. The fraction of sp³-hybridized carbons (Fsp3) is 0.136. The summed E-state index contributed by atoms with van der Waals surface area (Å²) in [5.41, 5.74) is 1.82. The monoisotopic (exact) mass is 374 g/mol. The molecule has 0 unspecified atom stereocenters. The number of carbonyl (C=O) groups excluding carboxylic acids is 1. The Labute approximate surface area is 161 Å². The van der Waals surface area contributed by atoms with Crippen LogP contribution >= 0.6 is 0 Å². The zero-order valence-corrected chi connectivity index (χ0v) is 15.1. The highest BCUT2D eigenvalue weighted by Gasteiger charge is 2.12. The predicted octanol–water partition coefficient (Wildman–Crippen LogP) is 4.67. The summed E-state index contributed by atoms with van der Waals surface area (Å²) in [5, 5.41) is 7.87. The third-order valence-corrected chi connectivity index (χ3v) is 4.14. The number of hydrogen-bond acceptors (Lipinski definition) is 6. The molecular formula is C22H18N2O4. The van der Waals surface area contributed by atoms with Gasteiger partial charge in [0.15, 0.2) is 6.61 Å². The van der Waals surface area contributed by atoms with Crippen molar-refractivity contribution in [2.45, 2.75) is 19.4 Å².